The number of pyridine rings is 1. The third-order valence-corrected chi connectivity index (χ3v) is 5.24. The number of carbonyl (C=O) groups excluding carboxylic acids is 2. The molecule has 2 atom stereocenters. The van der Waals surface area contributed by atoms with E-state index in [1.807, 2.05) is 0 Å². The molecule has 154 valence electrons. The second kappa shape index (κ2) is 7.37. The van der Waals surface area contributed by atoms with Gasteiger partial charge < -0.3 is 9.64 Å². The van der Waals surface area contributed by atoms with E-state index < -0.39 is 23.4 Å². The molecular formula is C20H25F3N2O3. The van der Waals surface area contributed by atoms with Crippen LogP contribution in [0.15, 0.2) is 18.2 Å². The maximum absolute atomic E-state index is 12.9. The smallest absolute Gasteiger partial charge is 0.433 e. The summed E-state index contributed by atoms with van der Waals surface area (Å²) in [7, 11) is 0. The normalized spacial score (nSPS) is 25.4. The predicted octanol–water partition coefficient (Wildman–Crippen LogP) is 4.85. The quantitative estimate of drug-likeness (QED) is 0.668. The molecule has 2 aliphatic rings. The van der Waals surface area contributed by atoms with Crippen LogP contribution in [0.25, 0.3) is 0 Å². The number of hydrogen-bond acceptors (Lipinski definition) is 4. The molecule has 1 amide bonds. The van der Waals surface area contributed by atoms with Gasteiger partial charge in [0.15, 0.2) is 5.78 Å². The van der Waals surface area contributed by atoms with Crippen LogP contribution in [0.4, 0.5) is 18.0 Å². The standard InChI is InChI=1S/C20H25F3N2O3/c1-19(2,3)28-18(27)25-13-6-4-7-14(25)11-12(10-13)17(26)15-8-5-9-16(24-15)20(21,22)23/h5,8-9,12-14H,4,6-7,10-11H2,1-3H3. The van der Waals surface area contributed by atoms with Gasteiger partial charge in [0.1, 0.15) is 17.0 Å². The van der Waals surface area contributed by atoms with Crippen molar-refractivity contribution in [3.63, 3.8) is 0 Å². The summed E-state index contributed by atoms with van der Waals surface area (Å²) in [5.74, 6) is -0.822. The van der Waals surface area contributed by atoms with Crippen LogP contribution in [-0.2, 0) is 10.9 Å². The van der Waals surface area contributed by atoms with Gasteiger partial charge in [-0.2, -0.15) is 13.2 Å². The molecule has 2 saturated heterocycles. The molecule has 0 saturated carbocycles. The van der Waals surface area contributed by atoms with E-state index in [9.17, 15) is 22.8 Å². The number of ketones is 1. The summed E-state index contributed by atoms with van der Waals surface area (Å²) in [4.78, 5) is 30.7. The molecule has 0 radical (unpaired) electrons. The number of ether oxygens (including phenoxy) is 1. The summed E-state index contributed by atoms with van der Waals surface area (Å²) in [6, 6.07) is 3.12. The molecule has 0 spiro atoms. The van der Waals surface area contributed by atoms with Gasteiger partial charge in [0.05, 0.1) is 0 Å². The zero-order chi connectivity index (χ0) is 20.7. The van der Waals surface area contributed by atoms with Gasteiger partial charge in [-0.15, -0.1) is 0 Å². The Morgan fingerprint density at radius 1 is 1.11 bits per heavy atom. The molecule has 0 N–H and O–H groups in total. The number of rotatable bonds is 2. The summed E-state index contributed by atoms with van der Waals surface area (Å²) in [5.41, 5.74) is -1.84. The number of carbonyl (C=O) groups is 2. The maximum atomic E-state index is 12.9. The minimum absolute atomic E-state index is 0.137. The lowest BCUT2D eigenvalue weighted by Gasteiger charge is -2.48. The van der Waals surface area contributed by atoms with E-state index in [1.165, 1.54) is 12.1 Å². The van der Waals surface area contributed by atoms with Gasteiger partial charge in [-0.1, -0.05) is 6.07 Å². The Labute approximate surface area is 162 Å². The third-order valence-electron chi connectivity index (χ3n) is 5.24. The van der Waals surface area contributed by atoms with Crippen molar-refractivity contribution in [2.75, 3.05) is 0 Å². The van der Waals surface area contributed by atoms with E-state index >= 15 is 0 Å². The summed E-state index contributed by atoms with van der Waals surface area (Å²) >= 11 is 0. The van der Waals surface area contributed by atoms with Gasteiger partial charge in [-0.3, -0.25) is 4.79 Å². The number of halogens is 3. The van der Waals surface area contributed by atoms with Crippen LogP contribution in [0.5, 0.6) is 0 Å². The van der Waals surface area contributed by atoms with Crippen molar-refractivity contribution in [1.82, 2.24) is 9.88 Å². The molecule has 1 aromatic rings. The van der Waals surface area contributed by atoms with Crippen molar-refractivity contribution in [3.05, 3.63) is 29.6 Å². The Morgan fingerprint density at radius 3 is 2.25 bits per heavy atom. The lowest BCUT2D eigenvalue weighted by molar-refractivity contribution is -0.141. The zero-order valence-electron chi connectivity index (χ0n) is 16.3. The Morgan fingerprint density at radius 2 is 1.71 bits per heavy atom. The van der Waals surface area contributed by atoms with Crippen molar-refractivity contribution < 1.29 is 27.5 Å². The highest BCUT2D eigenvalue weighted by atomic mass is 19.4. The number of hydrogen-bond donors (Lipinski definition) is 0. The van der Waals surface area contributed by atoms with Crippen molar-refractivity contribution in [2.45, 2.75) is 76.7 Å². The van der Waals surface area contributed by atoms with Crippen LogP contribution in [0.3, 0.4) is 0 Å². The maximum Gasteiger partial charge on any atom is 0.433 e. The molecule has 2 aliphatic heterocycles. The van der Waals surface area contributed by atoms with Gasteiger partial charge >= 0.3 is 12.3 Å². The van der Waals surface area contributed by atoms with Gasteiger partial charge in [-0.05, 0) is 65.0 Å². The SMILES string of the molecule is CC(C)(C)OC(=O)N1C2CCCC1CC(C(=O)c1cccc(C(F)(F)F)n1)C2. The lowest BCUT2D eigenvalue weighted by Crippen LogP contribution is -2.56. The van der Waals surface area contributed by atoms with Crippen LogP contribution < -0.4 is 0 Å². The first kappa shape index (κ1) is 20.6. The molecular weight excluding hydrogens is 373 g/mol. The van der Waals surface area contributed by atoms with Crippen LogP contribution in [-0.4, -0.2) is 39.4 Å². The van der Waals surface area contributed by atoms with Crippen LogP contribution in [0, 0.1) is 5.92 Å². The van der Waals surface area contributed by atoms with Crippen molar-refractivity contribution >= 4 is 11.9 Å². The highest BCUT2D eigenvalue weighted by Gasteiger charge is 2.45. The van der Waals surface area contributed by atoms with Gasteiger partial charge in [0, 0.05) is 18.0 Å². The van der Waals surface area contributed by atoms with Crippen LogP contribution >= 0.6 is 0 Å². The van der Waals surface area contributed by atoms with E-state index in [0.29, 0.717) is 12.8 Å². The fraction of sp³-hybridized carbons (Fsp3) is 0.650. The molecule has 0 aromatic carbocycles. The fourth-order valence-corrected chi connectivity index (χ4v) is 4.15. The monoisotopic (exact) mass is 398 g/mol. The van der Waals surface area contributed by atoms with E-state index in [-0.39, 0.29) is 29.7 Å². The second-order valence-electron chi connectivity index (χ2n) is 8.56. The Bertz CT molecular complexity index is 744. The topological polar surface area (TPSA) is 59.5 Å². The lowest BCUT2D eigenvalue weighted by atomic mass is 9.76. The van der Waals surface area contributed by atoms with E-state index in [2.05, 4.69) is 4.98 Å². The summed E-state index contributed by atoms with van der Waals surface area (Å²) in [6.07, 6.45) is -1.65. The van der Waals surface area contributed by atoms with Crippen molar-refractivity contribution in [3.8, 4) is 0 Å². The largest absolute Gasteiger partial charge is 0.444 e. The number of amides is 1. The fourth-order valence-electron chi connectivity index (χ4n) is 4.15. The molecule has 3 rings (SSSR count). The van der Waals surface area contributed by atoms with Crippen LogP contribution in [0.1, 0.15) is 69.1 Å². The Kier molecular flexibility index (Phi) is 5.42. The first-order valence-corrected chi connectivity index (χ1v) is 9.55. The molecule has 2 fully saturated rings. The highest BCUT2D eigenvalue weighted by molar-refractivity contribution is 5.96. The molecule has 0 aliphatic carbocycles. The van der Waals surface area contributed by atoms with Crippen molar-refractivity contribution in [1.29, 1.82) is 0 Å². The minimum Gasteiger partial charge on any atom is -0.444 e. The molecule has 2 bridgehead atoms. The molecule has 2 unspecified atom stereocenters. The summed E-state index contributed by atoms with van der Waals surface area (Å²) in [5, 5.41) is 0. The molecule has 3 heterocycles. The molecule has 1 aromatic heterocycles. The summed E-state index contributed by atoms with van der Waals surface area (Å²) in [6.45, 7) is 5.41. The third kappa shape index (κ3) is 4.47. The van der Waals surface area contributed by atoms with Crippen LogP contribution in [0.2, 0.25) is 0 Å². The van der Waals surface area contributed by atoms with Crippen molar-refractivity contribution in [2.24, 2.45) is 5.92 Å². The minimum atomic E-state index is -4.59. The molecule has 5 nitrogen and oxygen atoms in total. The predicted molar refractivity (Wildman–Crippen MR) is 95.8 cm³/mol. The molecule has 8 heteroatoms. The zero-order valence-corrected chi connectivity index (χ0v) is 16.3. The Hall–Kier alpha value is -2.12. The van der Waals surface area contributed by atoms with E-state index in [4.69, 9.17) is 4.74 Å². The van der Waals surface area contributed by atoms with Gasteiger partial charge in [-0.25, -0.2) is 9.78 Å². The van der Waals surface area contributed by atoms with E-state index in [0.717, 1.165) is 25.3 Å². The number of aromatic nitrogens is 1. The number of nitrogens with zero attached hydrogens (tertiary/aromatic N) is 2. The number of piperidine rings is 2. The number of fused-ring (bicyclic) bond motifs is 2. The highest BCUT2D eigenvalue weighted by Crippen LogP contribution is 2.39. The first-order chi connectivity index (χ1) is 13.0. The number of alkyl halides is 3. The average Bonchev–Trinajstić information content (AvgIpc) is 2.57. The molecule has 28 heavy (non-hydrogen) atoms. The Balaban J connectivity index is 1.77. The number of Topliss-reactive ketones (excluding diaryl/α,β-unsaturated/α-hetero) is 1. The first-order valence-electron chi connectivity index (χ1n) is 9.55. The van der Waals surface area contributed by atoms with Gasteiger partial charge in [0.25, 0.3) is 0 Å². The average molecular weight is 398 g/mol. The second-order valence-corrected chi connectivity index (χ2v) is 8.56. The van der Waals surface area contributed by atoms with E-state index in [1.54, 1.807) is 25.7 Å². The summed E-state index contributed by atoms with van der Waals surface area (Å²) < 4.78 is 44.2. The van der Waals surface area contributed by atoms with Gasteiger partial charge in [0.2, 0.25) is 0 Å².